The van der Waals surface area contributed by atoms with Gasteiger partial charge < -0.3 is 5.73 Å². The molecule has 1 aromatic heterocycles. The molecule has 2 aromatic carbocycles. The van der Waals surface area contributed by atoms with E-state index < -0.39 is 40.7 Å². The fourth-order valence-electron chi connectivity index (χ4n) is 2.06. The Labute approximate surface area is 114 Å². The fourth-order valence-corrected chi connectivity index (χ4v) is 2.06. The number of anilines is 1. The van der Waals surface area contributed by atoms with Crippen LogP contribution in [-0.2, 0) is 0 Å². The van der Waals surface area contributed by atoms with Crippen molar-refractivity contribution in [2.45, 2.75) is 0 Å². The molecule has 2 N–H and O–H groups in total. The Morgan fingerprint density at radius 3 is 2.14 bits per heavy atom. The summed E-state index contributed by atoms with van der Waals surface area (Å²) in [6.07, 6.45) is 0. The summed E-state index contributed by atoms with van der Waals surface area (Å²) in [6, 6.07) is 3.22. The number of halogens is 5. The first kappa shape index (κ1) is 13.3. The van der Waals surface area contributed by atoms with Crippen molar-refractivity contribution in [1.82, 2.24) is 9.55 Å². The van der Waals surface area contributed by atoms with Gasteiger partial charge in [0, 0.05) is 12.1 Å². The summed E-state index contributed by atoms with van der Waals surface area (Å²) in [5, 5.41) is 0. The van der Waals surface area contributed by atoms with Crippen LogP contribution >= 0.6 is 0 Å². The third-order valence-corrected chi connectivity index (χ3v) is 2.95. The van der Waals surface area contributed by atoms with Crippen molar-refractivity contribution in [3.8, 4) is 5.69 Å². The Morgan fingerprint density at radius 1 is 0.905 bits per heavy atom. The Kier molecular flexibility index (Phi) is 2.82. The van der Waals surface area contributed by atoms with Crippen LogP contribution in [-0.4, -0.2) is 9.55 Å². The van der Waals surface area contributed by atoms with E-state index in [-0.39, 0.29) is 17.1 Å². The number of nitrogen functional groups attached to an aromatic ring is 1. The highest BCUT2D eigenvalue weighted by Gasteiger charge is 2.24. The van der Waals surface area contributed by atoms with Gasteiger partial charge in [-0.25, -0.2) is 26.9 Å². The zero-order chi connectivity index (χ0) is 15.3. The van der Waals surface area contributed by atoms with Crippen molar-refractivity contribution >= 4 is 17.0 Å². The molecule has 0 aliphatic carbocycles. The standard InChI is InChI=1S/C13H6F5N3/c14-5-1-2-9-8(3-5)20-13(19)21(9)12-10(17)6(15)4-7(16)11(12)18/h1-4H,(H2,19,20). The van der Waals surface area contributed by atoms with Crippen LogP contribution in [0.4, 0.5) is 27.9 Å². The van der Waals surface area contributed by atoms with Gasteiger partial charge in [0.1, 0.15) is 11.5 Å². The van der Waals surface area contributed by atoms with E-state index in [0.29, 0.717) is 4.57 Å². The van der Waals surface area contributed by atoms with Crippen molar-refractivity contribution < 1.29 is 22.0 Å². The van der Waals surface area contributed by atoms with E-state index in [4.69, 9.17) is 5.73 Å². The molecular formula is C13H6F5N3. The molecule has 0 atom stereocenters. The minimum absolute atomic E-state index is 0.00373. The molecule has 0 unspecified atom stereocenters. The first-order chi connectivity index (χ1) is 9.90. The van der Waals surface area contributed by atoms with Crippen LogP contribution in [0.1, 0.15) is 0 Å². The second kappa shape index (κ2) is 4.44. The van der Waals surface area contributed by atoms with Gasteiger partial charge in [0.15, 0.2) is 23.3 Å². The van der Waals surface area contributed by atoms with Crippen LogP contribution in [0.5, 0.6) is 0 Å². The first-order valence-electron chi connectivity index (χ1n) is 5.67. The highest BCUT2D eigenvalue weighted by atomic mass is 19.2. The zero-order valence-electron chi connectivity index (χ0n) is 10.2. The lowest BCUT2D eigenvalue weighted by molar-refractivity contribution is 0.449. The van der Waals surface area contributed by atoms with Gasteiger partial charge in [-0.15, -0.1) is 0 Å². The van der Waals surface area contributed by atoms with Gasteiger partial charge in [0.25, 0.3) is 0 Å². The molecular weight excluding hydrogens is 293 g/mol. The smallest absolute Gasteiger partial charge is 0.206 e. The summed E-state index contributed by atoms with van der Waals surface area (Å²) >= 11 is 0. The van der Waals surface area contributed by atoms with Crippen molar-refractivity contribution in [3.63, 3.8) is 0 Å². The second-order valence-corrected chi connectivity index (χ2v) is 4.26. The number of fused-ring (bicyclic) bond motifs is 1. The molecule has 0 saturated carbocycles. The maximum atomic E-state index is 13.8. The molecule has 0 aliphatic heterocycles. The monoisotopic (exact) mass is 299 g/mol. The first-order valence-corrected chi connectivity index (χ1v) is 5.67. The highest BCUT2D eigenvalue weighted by Crippen LogP contribution is 2.29. The molecule has 0 bridgehead atoms. The van der Waals surface area contributed by atoms with Gasteiger partial charge >= 0.3 is 0 Å². The molecule has 3 aromatic rings. The lowest BCUT2D eigenvalue weighted by atomic mass is 10.2. The van der Waals surface area contributed by atoms with E-state index >= 15 is 0 Å². The van der Waals surface area contributed by atoms with Crippen LogP contribution in [0.3, 0.4) is 0 Å². The molecule has 0 aliphatic rings. The SMILES string of the molecule is Nc1nc2cc(F)ccc2n1-c1c(F)c(F)cc(F)c1F. The average molecular weight is 299 g/mol. The molecule has 0 spiro atoms. The number of rotatable bonds is 1. The largest absolute Gasteiger partial charge is 0.369 e. The summed E-state index contributed by atoms with van der Waals surface area (Å²) in [5.74, 6) is -7.47. The van der Waals surface area contributed by atoms with Crippen LogP contribution in [0.15, 0.2) is 24.3 Å². The normalized spacial score (nSPS) is 11.3. The van der Waals surface area contributed by atoms with Crippen molar-refractivity contribution in [1.29, 1.82) is 0 Å². The third kappa shape index (κ3) is 1.91. The average Bonchev–Trinajstić information content (AvgIpc) is 2.73. The van der Waals surface area contributed by atoms with Crippen LogP contribution in [0.25, 0.3) is 16.7 Å². The van der Waals surface area contributed by atoms with E-state index in [1.54, 1.807) is 0 Å². The molecule has 108 valence electrons. The Balaban J connectivity index is 2.44. The summed E-state index contributed by atoms with van der Waals surface area (Å²) in [4.78, 5) is 3.71. The molecule has 8 heteroatoms. The van der Waals surface area contributed by atoms with Gasteiger partial charge in [-0.2, -0.15) is 0 Å². The highest BCUT2D eigenvalue weighted by molar-refractivity contribution is 5.81. The topological polar surface area (TPSA) is 43.8 Å². The Morgan fingerprint density at radius 2 is 1.52 bits per heavy atom. The molecule has 0 saturated heterocycles. The van der Waals surface area contributed by atoms with E-state index in [0.717, 1.165) is 18.2 Å². The lowest BCUT2D eigenvalue weighted by Crippen LogP contribution is -2.09. The minimum Gasteiger partial charge on any atom is -0.369 e. The fraction of sp³-hybridized carbons (Fsp3) is 0. The Bertz CT molecular complexity index is 846. The number of aromatic nitrogens is 2. The summed E-state index contributed by atoms with van der Waals surface area (Å²) in [6.45, 7) is 0. The third-order valence-electron chi connectivity index (χ3n) is 2.95. The zero-order valence-corrected chi connectivity index (χ0v) is 10.2. The van der Waals surface area contributed by atoms with Crippen LogP contribution < -0.4 is 5.73 Å². The van der Waals surface area contributed by atoms with Gasteiger partial charge in [0.2, 0.25) is 5.95 Å². The lowest BCUT2D eigenvalue weighted by Gasteiger charge is -2.10. The minimum atomic E-state index is -1.62. The summed E-state index contributed by atoms with van der Waals surface area (Å²) in [7, 11) is 0. The van der Waals surface area contributed by atoms with Crippen LogP contribution in [0, 0.1) is 29.1 Å². The number of hydrogen-bond donors (Lipinski definition) is 1. The quantitative estimate of drug-likeness (QED) is 0.553. The van der Waals surface area contributed by atoms with Crippen LogP contribution in [0.2, 0.25) is 0 Å². The molecule has 0 radical (unpaired) electrons. The maximum Gasteiger partial charge on any atom is 0.206 e. The Hall–Kier alpha value is -2.64. The molecule has 3 nitrogen and oxygen atoms in total. The number of nitrogens with zero attached hydrogens (tertiary/aromatic N) is 2. The molecule has 3 rings (SSSR count). The van der Waals surface area contributed by atoms with Gasteiger partial charge in [-0.3, -0.25) is 4.57 Å². The molecule has 0 fully saturated rings. The van der Waals surface area contributed by atoms with Gasteiger partial charge in [-0.1, -0.05) is 0 Å². The number of imidazole rings is 1. The predicted octanol–water partition coefficient (Wildman–Crippen LogP) is 3.30. The van der Waals surface area contributed by atoms with Crippen molar-refractivity contribution in [2.75, 3.05) is 5.73 Å². The predicted molar refractivity (Wildman–Crippen MR) is 65.3 cm³/mol. The number of benzene rings is 2. The van der Waals surface area contributed by atoms with Gasteiger partial charge in [0.05, 0.1) is 11.0 Å². The van der Waals surface area contributed by atoms with Crippen molar-refractivity contribution in [2.24, 2.45) is 0 Å². The number of hydrogen-bond acceptors (Lipinski definition) is 2. The maximum absolute atomic E-state index is 13.8. The molecule has 21 heavy (non-hydrogen) atoms. The van der Waals surface area contributed by atoms with E-state index in [2.05, 4.69) is 4.98 Å². The van der Waals surface area contributed by atoms with Crippen molar-refractivity contribution in [3.05, 3.63) is 53.4 Å². The summed E-state index contributed by atoms with van der Waals surface area (Å²) in [5.41, 5.74) is 4.49. The van der Waals surface area contributed by atoms with E-state index in [1.807, 2.05) is 0 Å². The molecule has 0 amide bonds. The van der Waals surface area contributed by atoms with E-state index in [9.17, 15) is 22.0 Å². The summed E-state index contributed by atoms with van der Waals surface area (Å²) < 4.78 is 68.0. The van der Waals surface area contributed by atoms with E-state index in [1.165, 1.54) is 0 Å². The second-order valence-electron chi connectivity index (χ2n) is 4.26. The number of nitrogens with two attached hydrogens (primary N) is 1. The van der Waals surface area contributed by atoms with Gasteiger partial charge in [-0.05, 0) is 12.1 Å². The molecule has 1 heterocycles.